The number of hydrogen-bond acceptors (Lipinski definition) is 3. The number of aromatic nitrogens is 2. The van der Waals surface area contributed by atoms with Gasteiger partial charge in [-0.15, -0.1) is 0 Å². The Morgan fingerprint density at radius 1 is 1.69 bits per heavy atom. The summed E-state index contributed by atoms with van der Waals surface area (Å²) in [4.78, 5) is 14.9. The van der Waals surface area contributed by atoms with Crippen LogP contribution in [0, 0.1) is 12.0 Å². The first-order chi connectivity index (χ1) is 6.29. The van der Waals surface area contributed by atoms with E-state index in [-0.39, 0.29) is 5.56 Å². The van der Waals surface area contributed by atoms with E-state index >= 15 is 0 Å². The smallest absolute Gasteiger partial charge is 0.257 e. The van der Waals surface area contributed by atoms with E-state index in [1.807, 2.05) is 0 Å². The maximum Gasteiger partial charge on any atom is 0.257 e. The summed E-state index contributed by atoms with van der Waals surface area (Å²) in [5, 5.41) is 3.29. The van der Waals surface area contributed by atoms with Crippen LogP contribution in [0.25, 0.3) is 0 Å². The van der Waals surface area contributed by atoms with Gasteiger partial charge in [0, 0.05) is 18.7 Å². The summed E-state index contributed by atoms with van der Waals surface area (Å²) in [5.74, 6) is 3.21. The third kappa shape index (κ3) is 1.34. The molecule has 0 fully saturated rings. The lowest BCUT2D eigenvalue weighted by Crippen LogP contribution is -1.90. The van der Waals surface area contributed by atoms with Gasteiger partial charge in [-0.1, -0.05) is 5.92 Å². The van der Waals surface area contributed by atoms with Crippen LogP contribution in [0.4, 0.5) is 5.82 Å². The SMILES string of the molecule is O=C(Cl)c1cnn2c1N=CCC#C2. The summed E-state index contributed by atoms with van der Waals surface area (Å²) in [5.41, 5.74) is 0.286. The molecule has 1 aromatic heterocycles. The van der Waals surface area contributed by atoms with E-state index in [0.717, 1.165) is 0 Å². The van der Waals surface area contributed by atoms with E-state index in [1.54, 1.807) is 6.21 Å². The van der Waals surface area contributed by atoms with Crippen LogP contribution in [0.3, 0.4) is 0 Å². The van der Waals surface area contributed by atoms with Crippen molar-refractivity contribution in [2.24, 2.45) is 4.99 Å². The summed E-state index contributed by atoms with van der Waals surface area (Å²) < 4.78 is 1.35. The third-order valence-electron chi connectivity index (χ3n) is 1.55. The molecule has 0 bridgehead atoms. The van der Waals surface area contributed by atoms with Gasteiger partial charge in [0.15, 0.2) is 5.82 Å². The summed E-state index contributed by atoms with van der Waals surface area (Å²) in [6.45, 7) is 0. The molecule has 0 amide bonds. The van der Waals surface area contributed by atoms with Crippen molar-refractivity contribution in [2.45, 2.75) is 6.42 Å². The van der Waals surface area contributed by atoms with Crippen molar-refractivity contribution in [3.8, 4) is 12.0 Å². The number of aliphatic imine (C=N–C) groups is 1. The molecular formula is C8H4ClN3O. The lowest BCUT2D eigenvalue weighted by atomic mass is 10.3. The number of nitrogens with zero attached hydrogens (tertiary/aromatic N) is 3. The van der Waals surface area contributed by atoms with E-state index in [0.29, 0.717) is 12.2 Å². The van der Waals surface area contributed by atoms with Crippen molar-refractivity contribution in [1.82, 2.24) is 9.78 Å². The molecule has 5 heteroatoms. The van der Waals surface area contributed by atoms with Crippen LogP contribution in [0.2, 0.25) is 0 Å². The average molecular weight is 194 g/mol. The van der Waals surface area contributed by atoms with Crippen molar-refractivity contribution in [2.75, 3.05) is 0 Å². The second kappa shape index (κ2) is 3.04. The summed E-state index contributed by atoms with van der Waals surface area (Å²) in [6.07, 6.45) is 3.54. The highest BCUT2D eigenvalue weighted by atomic mass is 35.5. The lowest BCUT2D eigenvalue weighted by molar-refractivity contribution is 0.108. The molecule has 0 saturated heterocycles. The zero-order valence-corrected chi connectivity index (χ0v) is 7.25. The Bertz CT molecular complexity index is 450. The van der Waals surface area contributed by atoms with E-state index < -0.39 is 5.24 Å². The molecule has 13 heavy (non-hydrogen) atoms. The van der Waals surface area contributed by atoms with Crippen LogP contribution >= 0.6 is 11.6 Å². The fraction of sp³-hybridized carbons (Fsp3) is 0.125. The van der Waals surface area contributed by atoms with E-state index in [9.17, 15) is 4.79 Å². The van der Waals surface area contributed by atoms with Crippen LogP contribution in [-0.2, 0) is 0 Å². The molecule has 0 saturated carbocycles. The summed E-state index contributed by atoms with van der Waals surface area (Å²) in [6, 6.07) is 2.72. The Labute approximate surface area is 79.2 Å². The fourth-order valence-corrected chi connectivity index (χ4v) is 1.12. The first-order valence-electron chi connectivity index (χ1n) is 3.58. The lowest BCUT2D eigenvalue weighted by Gasteiger charge is -1.92. The fourth-order valence-electron chi connectivity index (χ4n) is 0.985. The van der Waals surface area contributed by atoms with Crippen LogP contribution in [0.15, 0.2) is 11.2 Å². The van der Waals surface area contributed by atoms with Crippen LogP contribution in [0.1, 0.15) is 16.8 Å². The Hall–Kier alpha value is -1.60. The highest BCUT2D eigenvalue weighted by molar-refractivity contribution is 6.68. The highest BCUT2D eigenvalue weighted by Gasteiger charge is 2.14. The number of halogens is 1. The Morgan fingerprint density at radius 2 is 2.54 bits per heavy atom. The Balaban J connectivity index is 2.62. The molecule has 0 unspecified atom stereocenters. The molecule has 0 spiro atoms. The van der Waals surface area contributed by atoms with Gasteiger partial charge >= 0.3 is 0 Å². The number of carbonyl (C=O) groups excluding carboxylic acids is 1. The van der Waals surface area contributed by atoms with E-state index in [4.69, 9.17) is 11.6 Å². The van der Waals surface area contributed by atoms with Crippen molar-refractivity contribution >= 4 is 28.9 Å². The zero-order chi connectivity index (χ0) is 9.26. The monoisotopic (exact) mass is 193 g/mol. The zero-order valence-electron chi connectivity index (χ0n) is 6.49. The minimum absolute atomic E-state index is 0.286. The number of rotatable bonds is 1. The van der Waals surface area contributed by atoms with Gasteiger partial charge in [-0.3, -0.25) is 4.79 Å². The number of carbonyl (C=O) groups is 1. The molecule has 64 valence electrons. The first kappa shape index (κ1) is 8.02. The summed E-state index contributed by atoms with van der Waals surface area (Å²) >= 11 is 5.32. The van der Waals surface area contributed by atoms with Gasteiger partial charge in [-0.25, -0.2) is 4.99 Å². The van der Waals surface area contributed by atoms with Crippen molar-refractivity contribution in [3.63, 3.8) is 0 Å². The van der Waals surface area contributed by atoms with Crippen LogP contribution < -0.4 is 0 Å². The maximum atomic E-state index is 10.9. The van der Waals surface area contributed by atoms with Gasteiger partial charge in [0.2, 0.25) is 0 Å². The molecule has 1 aliphatic rings. The average Bonchev–Trinajstić information content (AvgIpc) is 2.36. The van der Waals surface area contributed by atoms with Gasteiger partial charge < -0.3 is 0 Å². The predicted molar refractivity (Wildman–Crippen MR) is 48.4 cm³/mol. The molecule has 2 heterocycles. The Morgan fingerprint density at radius 3 is 3.31 bits per heavy atom. The predicted octanol–water partition coefficient (Wildman–Crippen LogP) is 1.18. The minimum atomic E-state index is -0.567. The topological polar surface area (TPSA) is 47.2 Å². The molecule has 0 radical (unpaired) electrons. The quantitative estimate of drug-likeness (QED) is 0.497. The molecule has 4 nitrogen and oxygen atoms in total. The normalized spacial score (nSPS) is 12.7. The van der Waals surface area contributed by atoms with Crippen LogP contribution in [-0.4, -0.2) is 21.2 Å². The molecule has 0 aromatic carbocycles. The molecule has 0 atom stereocenters. The van der Waals surface area contributed by atoms with Gasteiger partial charge in [0.05, 0.1) is 11.8 Å². The van der Waals surface area contributed by atoms with Gasteiger partial charge in [0.25, 0.3) is 5.24 Å². The second-order valence-electron chi connectivity index (χ2n) is 2.37. The molecule has 0 aliphatic carbocycles. The molecular weight excluding hydrogens is 190 g/mol. The number of fused-ring (bicyclic) bond motifs is 1. The van der Waals surface area contributed by atoms with Gasteiger partial charge in [0.1, 0.15) is 0 Å². The molecule has 1 aromatic rings. The van der Waals surface area contributed by atoms with E-state index in [2.05, 4.69) is 22.1 Å². The number of hydrogen-bond donors (Lipinski definition) is 0. The molecule has 0 N–H and O–H groups in total. The van der Waals surface area contributed by atoms with Gasteiger partial charge in [-0.2, -0.15) is 9.78 Å². The minimum Gasteiger partial charge on any atom is -0.275 e. The van der Waals surface area contributed by atoms with Crippen LogP contribution in [0.5, 0.6) is 0 Å². The third-order valence-corrected chi connectivity index (χ3v) is 1.75. The van der Waals surface area contributed by atoms with E-state index in [1.165, 1.54) is 10.9 Å². The molecule has 2 rings (SSSR count). The Kier molecular flexibility index (Phi) is 1.87. The second-order valence-corrected chi connectivity index (χ2v) is 2.72. The summed E-state index contributed by atoms with van der Waals surface area (Å²) in [7, 11) is 0. The van der Waals surface area contributed by atoms with Crippen molar-refractivity contribution in [1.29, 1.82) is 0 Å². The largest absolute Gasteiger partial charge is 0.275 e. The molecule has 1 aliphatic heterocycles. The first-order valence-corrected chi connectivity index (χ1v) is 3.96. The maximum absolute atomic E-state index is 10.9. The highest BCUT2D eigenvalue weighted by Crippen LogP contribution is 2.20. The van der Waals surface area contributed by atoms with Crippen molar-refractivity contribution < 1.29 is 4.79 Å². The van der Waals surface area contributed by atoms with Gasteiger partial charge in [-0.05, 0) is 11.6 Å². The standard InChI is InChI=1S/C8H4ClN3O/c9-7(13)6-5-11-12-4-2-1-3-10-8(6)12/h3,5H,1H2. The van der Waals surface area contributed by atoms with Crippen molar-refractivity contribution in [3.05, 3.63) is 11.8 Å².